The van der Waals surface area contributed by atoms with E-state index in [1.807, 2.05) is 30.3 Å². The molecule has 0 saturated heterocycles. The summed E-state index contributed by atoms with van der Waals surface area (Å²) >= 11 is 7.20. The van der Waals surface area contributed by atoms with Crippen LogP contribution in [0, 0.1) is 5.82 Å². The van der Waals surface area contributed by atoms with Crippen LogP contribution in [0.15, 0.2) is 88.2 Å². The predicted molar refractivity (Wildman–Crippen MR) is 141 cm³/mol. The van der Waals surface area contributed by atoms with Crippen LogP contribution < -0.4 is 14.9 Å². The smallest absolute Gasteiger partial charge is 0.338 e. The van der Waals surface area contributed by atoms with E-state index < -0.39 is 23.4 Å². The number of phenols is 1. The summed E-state index contributed by atoms with van der Waals surface area (Å²) in [6, 6.07) is 18.4. The van der Waals surface area contributed by atoms with Gasteiger partial charge in [-0.15, -0.1) is 0 Å². The van der Waals surface area contributed by atoms with Crippen molar-refractivity contribution in [1.82, 2.24) is 4.57 Å². The van der Waals surface area contributed by atoms with E-state index in [-0.39, 0.29) is 22.5 Å². The first-order chi connectivity index (χ1) is 17.9. The molecule has 1 aliphatic heterocycles. The monoisotopic (exact) mass is 534 g/mol. The Kier molecular flexibility index (Phi) is 6.78. The van der Waals surface area contributed by atoms with Crippen molar-refractivity contribution in [2.45, 2.75) is 13.0 Å². The number of ether oxygens (including phenoxy) is 1. The molecule has 186 valence electrons. The molecule has 1 atom stereocenters. The number of carbonyl (C=O) groups excluding carboxylic acids is 1. The zero-order valence-corrected chi connectivity index (χ0v) is 21.1. The van der Waals surface area contributed by atoms with Crippen molar-refractivity contribution in [1.29, 1.82) is 0 Å². The molecule has 37 heavy (non-hydrogen) atoms. The molecular formula is C28H20ClFN2O4S. The molecule has 0 amide bonds. The van der Waals surface area contributed by atoms with Gasteiger partial charge in [0.15, 0.2) is 4.80 Å². The number of rotatable bonds is 5. The van der Waals surface area contributed by atoms with E-state index in [2.05, 4.69) is 0 Å². The van der Waals surface area contributed by atoms with Gasteiger partial charge in [-0.3, -0.25) is 9.36 Å². The first kappa shape index (κ1) is 24.7. The number of hydrogen-bond acceptors (Lipinski definition) is 6. The molecule has 0 saturated carbocycles. The first-order valence-corrected chi connectivity index (χ1v) is 12.6. The topological polar surface area (TPSA) is 80.9 Å². The minimum atomic E-state index is -0.916. The fourth-order valence-electron chi connectivity index (χ4n) is 4.18. The molecule has 1 N–H and O–H groups in total. The van der Waals surface area contributed by atoms with Gasteiger partial charge in [-0.2, -0.15) is 0 Å². The van der Waals surface area contributed by atoms with Gasteiger partial charge in [0.25, 0.3) is 5.56 Å². The van der Waals surface area contributed by atoms with E-state index in [0.717, 1.165) is 11.3 Å². The van der Waals surface area contributed by atoms with E-state index >= 15 is 0 Å². The number of benzene rings is 3. The van der Waals surface area contributed by atoms with Gasteiger partial charge < -0.3 is 9.84 Å². The van der Waals surface area contributed by atoms with E-state index in [9.17, 15) is 19.1 Å². The second-order valence-corrected chi connectivity index (χ2v) is 9.63. The number of hydrogen-bond donors (Lipinski definition) is 1. The van der Waals surface area contributed by atoms with E-state index in [0.29, 0.717) is 32.2 Å². The second-order valence-electron chi connectivity index (χ2n) is 8.19. The quantitative estimate of drug-likeness (QED) is 0.384. The van der Waals surface area contributed by atoms with Crippen LogP contribution in [0.1, 0.15) is 29.7 Å². The van der Waals surface area contributed by atoms with E-state index in [1.165, 1.54) is 41.0 Å². The van der Waals surface area contributed by atoms with Gasteiger partial charge >= 0.3 is 5.97 Å². The van der Waals surface area contributed by atoms with Gasteiger partial charge in [-0.25, -0.2) is 14.2 Å². The van der Waals surface area contributed by atoms with Gasteiger partial charge in [0.2, 0.25) is 0 Å². The summed E-state index contributed by atoms with van der Waals surface area (Å²) in [7, 11) is 0. The SMILES string of the molecule is CCOC(=O)C1=C(c2ccccc2)N=c2s/c(=C\c3cc(Cl)ccc3O)c(=O)n2[C@H]1c1ccc(F)cc1. The average molecular weight is 535 g/mol. The standard InChI is InChI=1S/C28H20ClFN2O4S/c1-2-36-27(35)23-24(16-6-4-3-5-7-16)31-28-32(25(23)17-8-11-20(30)12-9-17)26(34)22(37-28)15-18-14-19(29)10-13-21(18)33/h3-15,25,33H,2H2,1H3/b22-15-/t25-/m0/s1. The van der Waals surface area contributed by atoms with Crippen LogP contribution in [0.25, 0.3) is 11.8 Å². The highest BCUT2D eigenvalue weighted by atomic mass is 35.5. The molecular weight excluding hydrogens is 515 g/mol. The minimum absolute atomic E-state index is 0.0393. The van der Waals surface area contributed by atoms with Crippen LogP contribution >= 0.6 is 22.9 Å². The Labute approximate surface area is 219 Å². The summed E-state index contributed by atoms with van der Waals surface area (Å²) in [5.41, 5.74) is 1.67. The lowest BCUT2D eigenvalue weighted by Gasteiger charge is -2.25. The molecule has 5 rings (SSSR count). The number of aromatic nitrogens is 1. The Hall–Kier alpha value is -4.01. The lowest BCUT2D eigenvalue weighted by Crippen LogP contribution is -2.40. The molecule has 1 aromatic heterocycles. The van der Waals surface area contributed by atoms with Crippen LogP contribution in [-0.2, 0) is 9.53 Å². The molecule has 1 aliphatic rings. The van der Waals surface area contributed by atoms with Crippen molar-refractivity contribution < 1.29 is 19.0 Å². The fourth-order valence-corrected chi connectivity index (χ4v) is 5.36. The zero-order chi connectivity index (χ0) is 26.1. The van der Waals surface area contributed by atoms with Crippen LogP contribution in [0.3, 0.4) is 0 Å². The predicted octanol–water partition coefficient (Wildman–Crippen LogP) is 4.43. The lowest BCUT2D eigenvalue weighted by molar-refractivity contribution is -0.138. The maximum absolute atomic E-state index is 13.8. The molecule has 9 heteroatoms. The van der Waals surface area contributed by atoms with Crippen molar-refractivity contribution in [2.75, 3.05) is 6.61 Å². The summed E-state index contributed by atoms with van der Waals surface area (Å²) in [5.74, 6) is -1.11. The maximum atomic E-state index is 13.8. The van der Waals surface area contributed by atoms with Crippen molar-refractivity contribution in [2.24, 2.45) is 4.99 Å². The zero-order valence-electron chi connectivity index (χ0n) is 19.5. The summed E-state index contributed by atoms with van der Waals surface area (Å²) in [5, 5.41) is 10.7. The Bertz CT molecular complexity index is 1710. The highest BCUT2D eigenvalue weighted by molar-refractivity contribution is 7.07. The van der Waals surface area contributed by atoms with Crippen molar-refractivity contribution in [3.8, 4) is 5.75 Å². The molecule has 0 fully saturated rings. The van der Waals surface area contributed by atoms with Gasteiger partial charge in [0, 0.05) is 16.1 Å². The Morgan fingerprint density at radius 3 is 2.59 bits per heavy atom. The van der Waals surface area contributed by atoms with Gasteiger partial charge in [-0.05, 0) is 48.9 Å². The number of esters is 1. The number of phenolic OH excluding ortho intramolecular Hbond substituents is 1. The molecule has 0 bridgehead atoms. The third kappa shape index (κ3) is 4.73. The van der Waals surface area contributed by atoms with Crippen molar-refractivity contribution >= 4 is 40.7 Å². The molecule has 6 nitrogen and oxygen atoms in total. The lowest BCUT2D eigenvalue weighted by atomic mass is 9.93. The summed E-state index contributed by atoms with van der Waals surface area (Å²) in [6.45, 7) is 1.82. The van der Waals surface area contributed by atoms with Gasteiger partial charge in [0.05, 0.1) is 28.5 Å². The number of fused-ring (bicyclic) bond motifs is 1. The van der Waals surface area contributed by atoms with E-state index in [4.69, 9.17) is 21.3 Å². The molecule has 0 unspecified atom stereocenters. The van der Waals surface area contributed by atoms with Crippen molar-refractivity contribution in [3.63, 3.8) is 0 Å². The third-order valence-corrected chi connectivity index (χ3v) is 7.05. The summed E-state index contributed by atoms with van der Waals surface area (Å²) < 4.78 is 20.9. The Morgan fingerprint density at radius 2 is 1.89 bits per heavy atom. The number of thiazole rings is 1. The normalized spacial score (nSPS) is 15.3. The van der Waals surface area contributed by atoms with Crippen molar-refractivity contribution in [3.05, 3.63) is 126 Å². The Morgan fingerprint density at radius 1 is 1.16 bits per heavy atom. The molecule has 0 spiro atoms. The highest BCUT2D eigenvalue weighted by Gasteiger charge is 2.35. The average Bonchev–Trinajstić information content (AvgIpc) is 3.21. The van der Waals surface area contributed by atoms with Crippen LogP contribution in [0.5, 0.6) is 5.75 Å². The minimum Gasteiger partial charge on any atom is -0.507 e. The number of nitrogens with zero attached hydrogens (tertiary/aromatic N) is 2. The third-order valence-electron chi connectivity index (χ3n) is 5.84. The van der Waals surface area contributed by atoms with Crippen LogP contribution in [-0.4, -0.2) is 22.2 Å². The van der Waals surface area contributed by atoms with Crippen LogP contribution in [0.4, 0.5) is 4.39 Å². The molecule has 0 aliphatic carbocycles. The van der Waals surface area contributed by atoms with Crippen LogP contribution in [0.2, 0.25) is 5.02 Å². The Balaban J connectivity index is 1.84. The number of aromatic hydroxyl groups is 1. The fraction of sp³-hybridized carbons (Fsp3) is 0.107. The van der Waals surface area contributed by atoms with Gasteiger partial charge in [0.1, 0.15) is 11.6 Å². The molecule has 3 aromatic carbocycles. The molecule has 2 heterocycles. The molecule has 0 radical (unpaired) electrons. The number of halogens is 2. The van der Waals surface area contributed by atoms with E-state index in [1.54, 1.807) is 19.1 Å². The van der Waals surface area contributed by atoms with Gasteiger partial charge in [-0.1, -0.05) is 65.4 Å². The first-order valence-electron chi connectivity index (χ1n) is 11.4. The largest absolute Gasteiger partial charge is 0.507 e. The maximum Gasteiger partial charge on any atom is 0.338 e. The highest BCUT2D eigenvalue weighted by Crippen LogP contribution is 2.35. The summed E-state index contributed by atoms with van der Waals surface area (Å²) in [6.07, 6.45) is 1.53. The second kappa shape index (κ2) is 10.2. The molecule has 4 aromatic rings. The summed E-state index contributed by atoms with van der Waals surface area (Å²) in [4.78, 5) is 32.2. The number of carbonyl (C=O) groups is 1.